The molecule has 0 radical (unpaired) electrons. The van der Waals surface area contributed by atoms with Crippen molar-refractivity contribution in [1.29, 1.82) is 0 Å². The molecule has 4 heterocycles. The first-order valence-electron chi connectivity index (χ1n) is 29.6. The number of benzene rings is 12. The van der Waals surface area contributed by atoms with Crippen molar-refractivity contribution in [2.75, 3.05) is 0 Å². The maximum atomic E-state index is 5.58. The summed E-state index contributed by atoms with van der Waals surface area (Å²) in [5, 5.41) is 8.21. The van der Waals surface area contributed by atoms with Gasteiger partial charge in [0, 0.05) is 65.5 Å². The third-order valence-corrected chi connectivity index (χ3v) is 19.3. The van der Waals surface area contributed by atoms with Gasteiger partial charge in [0.1, 0.15) is 0 Å². The van der Waals surface area contributed by atoms with Crippen molar-refractivity contribution >= 4 is 76.3 Å². The maximum Gasteiger partial charge on any atom is 0.235 e. The van der Waals surface area contributed by atoms with Crippen LogP contribution in [0.25, 0.3) is 149 Å². The van der Waals surface area contributed by atoms with Crippen LogP contribution in [0.15, 0.2) is 261 Å². The molecule has 0 spiro atoms. The lowest BCUT2D eigenvalue weighted by molar-refractivity contribution is 0.660. The van der Waals surface area contributed by atoms with E-state index in [0.717, 1.165) is 77.6 Å². The van der Waals surface area contributed by atoms with Crippen molar-refractivity contribution in [3.63, 3.8) is 0 Å². The summed E-state index contributed by atoms with van der Waals surface area (Å²) in [6.45, 7) is 9.45. The summed E-state index contributed by atoms with van der Waals surface area (Å²) in [5.41, 5.74) is 27.0. The standard InChI is InChI=1S/C80H55N5/c1-79(2)66-25-13-8-20-55(66)57-40-34-53(46-68(57)79)83-71-28-16-11-22-59(71)61-36-30-49(42-73(61)83)51-32-38-63-64-39-33-52(45-76(64)85(75(63)44-51)78-81-70-27-15-10-24-65(70)77(82-78)48-18-6-5-7-19-48)50-31-37-62-60-23-12-17-29-72(60)84(74(62)43-50)54-35-41-58-56-21-9-14-26-67(56)80(3,4)69(58)47-54/h5-47H,1-4H3. The summed E-state index contributed by atoms with van der Waals surface area (Å²) >= 11 is 0. The zero-order chi connectivity index (χ0) is 56.4. The number of hydrogen-bond donors (Lipinski definition) is 0. The minimum atomic E-state index is -0.124. The predicted octanol–water partition coefficient (Wildman–Crippen LogP) is 20.5. The van der Waals surface area contributed by atoms with E-state index >= 15 is 0 Å². The molecule has 0 saturated heterocycles. The highest BCUT2D eigenvalue weighted by Crippen LogP contribution is 2.52. The molecule has 0 fully saturated rings. The molecule has 2 aliphatic rings. The van der Waals surface area contributed by atoms with Crippen LogP contribution in [-0.2, 0) is 10.8 Å². The smallest absolute Gasteiger partial charge is 0.235 e. The van der Waals surface area contributed by atoms with Gasteiger partial charge in [0.25, 0.3) is 0 Å². The highest BCUT2D eigenvalue weighted by atomic mass is 15.2. The third kappa shape index (κ3) is 6.81. The number of fused-ring (bicyclic) bond motifs is 16. The van der Waals surface area contributed by atoms with Crippen molar-refractivity contribution in [1.82, 2.24) is 23.7 Å². The average molecular weight is 1090 g/mol. The molecule has 0 aliphatic heterocycles. The highest BCUT2D eigenvalue weighted by molar-refractivity contribution is 6.14. The Kier molecular flexibility index (Phi) is 9.85. The monoisotopic (exact) mass is 1090 g/mol. The maximum absolute atomic E-state index is 5.58. The van der Waals surface area contributed by atoms with Crippen LogP contribution in [0.5, 0.6) is 0 Å². The predicted molar refractivity (Wildman–Crippen MR) is 354 cm³/mol. The van der Waals surface area contributed by atoms with E-state index < -0.39 is 0 Å². The molecule has 16 aromatic rings. The lowest BCUT2D eigenvalue weighted by Crippen LogP contribution is -2.15. The van der Waals surface area contributed by atoms with Gasteiger partial charge in [-0.3, -0.25) is 4.57 Å². The van der Waals surface area contributed by atoms with Crippen molar-refractivity contribution in [3.05, 3.63) is 283 Å². The van der Waals surface area contributed by atoms with E-state index in [9.17, 15) is 0 Å². The molecular weight excluding hydrogens is 1030 g/mol. The molecular formula is C80H55N5. The van der Waals surface area contributed by atoms with Crippen molar-refractivity contribution in [2.45, 2.75) is 38.5 Å². The molecule has 5 heteroatoms. The second-order valence-electron chi connectivity index (χ2n) is 24.5. The Labute approximate surface area is 492 Å². The van der Waals surface area contributed by atoms with Gasteiger partial charge in [-0.2, -0.15) is 0 Å². The molecule has 85 heavy (non-hydrogen) atoms. The lowest BCUT2D eigenvalue weighted by atomic mass is 9.82. The average Bonchev–Trinajstić information content (AvgIpc) is 2.00. The Morgan fingerprint density at radius 2 is 0.635 bits per heavy atom. The number of nitrogens with zero attached hydrogens (tertiary/aromatic N) is 5. The minimum absolute atomic E-state index is 0.124. The molecule has 5 nitrogen and oxygen atoms in total. The third-order valence-electron chi connectivity index (χ3n) is 19.3. The summed E-state index contributed by atoms with van der Waals surface area (Å²) in [5.74, 6) is 0.626. The van der Waals surface area contributed by atoms with Crippen LogP contribution < -0.4 is 0 Å². The van der Waals surface area contributed by atoms with E-state index in [1.165, 1.54) is 88.1 Å². The summed E-state index contributed by atoms with van der Waals surface area (Å²) in [6, 6.07) is 96.6. The first-order chi connectivity index (χ1) is 41.7. The second kappa shape index (κ2) is 17.5. The van der Waals surface area contributed by atoms with Crippen LogP contribution in [0.4, 0.5) is 0 Å². The molecule has 12 aromatic carbocycles. The van der Waals surface area contributed by atoms with E-state index in [-0.39, 0.29) is 10.8 Å². The molecule has 0 atom stereocenters. The molecule has 0 N–H and O–H groups in total. The van der Waals surface area contributed by atoms with Crippen LogP contribution >= 0.6 is 0 Å². The van der Waals surface area contributed by atoms with E-state index in [1.807, 2.05) is 0 Å². The molecule has 4 aromatic heterocycles. The van der Waals surface area contributed by atoms with Crippen LogP contribution in [0.2, 0.25) is 0 Å². The highest BCUT2D eigenvalue weighted by Gasteiger charge is 2.37. The summed E-state index contributed by atoms with van der Waals surface area (Å²) in [6.07, 6.45) is 0. The number of para-hydroxylation sites is 3. The van der Waals surface area contributed by atoms with Crippen molar-refractivity contribution in [2.24, 2.45) is 0 Å². The van der Waals surface area contributed by atoms with Gasteiger partial charge in [-0.15, -0.1) is 0 Å². The van der Waals surface area contributed by atoms with Gasteiger partial charge in [0.2, 0.25) is 5.95 Å². The van der Waals surface area contributed by atoms with Crippen molar-refractivity contribution in [3.8, 4) is 73.1 Å². The molecule has 18 rings (SSSR count). The summed E-state index contributed by atoms with van der Waals surface area (Å²) < 4.78 is 7.26. The molecule has 0 bridgehead atoms. The van der Waals surface area contributed by atoms with E-state index in [0.29, 0.717) is 5.95 Å². The number of rotatable bonds is 6. The largest absolute Gasteiger partial charge is 0.309 e. The Balaban J connectivity index is 0.835. The van der Waals surface area contributed by atoms with Gasteiger partial charge in [-0.25, -0.2) is 9.97 Å². The zero-order valence-electron chi connectivity index (χ0n) is 47.6. The van der Waals surface area contributed by atoms with Gasteiger partial charge < -0.3 is 9.13 Å². The quantitative estimate of drug-likeness (QED) is 0.166. The van der Waals surface area contributed by atoms with E-state index in [2.05, 4.69) is 302 Å². The minimum Gasteiger partial charge on any atom is -0.309 e. The lowest BCUT2D eigenvalue weighted by Gasteiger charge is -2.22. The first-order valence-corrected chi connectivity index (χ1v) is 29.6. The van der Waals surface area contributed by atoms with Gasteiger partial charge in [0.05, 0.1) is 44.3 Å². The molecule has 0 saturated carbocycles. The fraction of sp³-hybridized carbons (Fsp3) is 0.0750. The van der Waals surface area contributed by atoms with Gasteiger partial charge >= 0.3 is 0 Å². The van der Waals surface area contributed by atoms with Gasteiger partial charge in [0.15, 0.2) is 0 Å². The Bertz CT molecular complexity index is 5270. The fourth-order valence-electron chi connectivity index (χ4n) is 15.1. The SMILES string of the molecule is CC1(C)c2ccccc2-c2ccc(-n3c4ccccc4c4ccc(-c5ccc6c7ccc(-c8ccc9c%10ccccc%10n(-c%10ccc%11c(c%10)C(C)(C)c%10ccccc%10-%11)c9c8)cc7n(-c7nc(-c8ccccc8)c8ccccc8n7)c6c5)cc43)cc21. The molecule has 0 amide bonds. The van der Waals surface area contributed by atoms with Crippen molar-refractivity contribution < 1.29 is 0 Å². The number of aromatic nitrogens is 5. The van der Waals surface area contributed by atoms with E-state index in [4.69, 9.17) is 9.97 Å². The molecule has 2 aliphatic carbocycles. The van der Waals surface area contributed by atoms with E-state index in [1.54, 1.807) is 0 Å². The molecule has 0 unspecified atom stereocenters. The Hall–Kier alpha value is -10.6. The van der Waals surface area contributed by atoms with Crippen LogP contribution in [0.3, 0.4) is 0 Å². The topological polar surface area (TPSA) is 40.6 Å². The number of hydrogen-bond acceptors (Lipinski definition) is 2. The van der Waals surface area contributed by atoms with Crippen LogP contribution in [0, 0.1) is 0 Å². The van der Waals surface area contributed by atoms with Gasteiger partial charge in [-0.05, 0) is 133 Å². The summed E-state index contributed by atoms with van der Waals surface area (Å²) in [4.78, 5) is 11.1. The fourth-order valence-corrected chi connectivity index (χ4v) is 15.1. The Morgan fingerprint density at radius 1 is 0.259 bits per heavy atom. The molecule has 400 valence electrons. The first kappa shape index (κ1) is 48.0. The Morgan fingerprint density at radius 3 is 1.12 bits per heavy atom. The zero-order valence-corrected chi connectivity index (χ0v) is 47.6. The summed E-state index contributed by atoms with van der Waals surface area (Å²) in [7, 11) is 0. The second-order valence-corrected chi connectivity index (χ2v) is 24.5. The van der Waals surface area contributed by atoms with Crippen LogP contribution in [0.1, 0.15) is 49.9 Å². The van der Waals surface area contributed by atoms with Crippen LogP contribution in [-0.4, -0.2) is 23.7 Å². The normalized spacial score (nSPS) is 13.8. The van der Waals surface area contributed by atoms with Gasteiger partial charge in [-0.1, -0.05) is 222 Å².